The van der Waals surface area contributed by atoms with Crippen LogP contribution in [0.3, 0.4) is 0 Å². The van der Waals surface area contributed by atoms with Crippen molar-refractivity contribution >= 4 is 5.78 Å². The molecule has 16 heavy (non-hydrogen) atoms. The molecule has 2 atom stereocenters. The third-order valence-electron chi connectivity index (χ3n) is 3.19. The number of ketones is 1. The summed E-state index contributed by atoms with van der Waals surface area (Å²) in [4.78, 5) is 13.8. The number of nitrogens with zero attached hydrogens (tertiary/aromatic N) is 1. The minimum atomic E-state index is -0.0452. The SMILES string of the molecule is CC(=O)[C@H]1[C@H](c2ccccc2)NCCN1C. The van der Waals surface area contributed by atoms with Crippen molar-refractivity contribution in [1.29, 1.82) is 0 Å². The van der Waals surface area contributed by atoms with Gasteiger partial charge in [-0.15, -0.1) is 0 Å². The molecule has 1 aliphatic heterocycles. The second kappa shape index (κ2) is 4.76. The minimum Gasteiger partial charge on any atom is -0.307 e. The van der Waals surface area contributed by atoms with Crippen molar-refractivity contribution < 1.29 is 4.79 Å². The Morgan fingerprint density at radius 3 is 2.69 bits per heavy atom. The molecule has 3 heteroatoms. The van der Waals surface area contributed by atoms with Gasteiger partial charge in [-0.25, -0.2) is 0 Å². The highest BCUT2D eigenvalue weighted by Crippen LogP contribution is 2.23. The van der Waals surface area contributed by atoms with Gasteiger partial charge in [0.2, 0.25) is 0 Å². The van der Waals surface area contributed by atoms with E-state index >= 15 is 0 Å². The number of benzene rings is 1. The molecule has 1 saturated heterocycles. The Hall–Kier alpha value is -1.19. The number of Topliss-reactive ketones (excluding diaryl/α,β-unsaturated/α-hetero) is 1. The predicted octanol–water partition coefficient (Wildman–Crippen LogP) is 1.22. The second-order valence-electron chi connectivity index (χ2n) is 4.38. The summed E-state index contributed by atoms with van der Waals surface area (Å²) >= 11 is 0. The molecule has 3 nitrogen and oxygen atoms in total. The zero-order valence-corrected chi connectivity index (χ0v) is 9.81. The minimum absolute atomic E-state index is 0.0452. The first kappa shape index (κ1) is 11.3. The maximum absolute atomic E-state index is 11.7. The summed E-state index contributed by atoms with van der Waals surface area (Å²) in [7, 11) is 2.02. The van der Waals surface area contributed by atoms with Crippen molar-refractivity contribution in [2.24, 2.45) is 0 Å². The lowest BCUT2D eigenvalue weighted by Crippen LogP contribution is -2.54. The Labute approximate surface area is 96.5 Å². The predicted molar refractivity (Wildman–Crippen MR) is 64.3 cm³/mol. The van der Waals surface area contributed by atoms with Gasteiger partial charge in [0.25, 0.3) is 0 Å². The molecule has 86 valence electrons. The van der Waals surface area contributed by atoms with Gasteiger partial charge < -0.3 is 5.32 Å². The van der Waals surface area contributed by atoms with Crippen LogP contribution in [0.5, 0.6) is 0 Å². The first-order valence-electron chi connectivity index (χ1n) is 5.69. The number of hydrogen-bond acceptors (Lipinski definition) is 3. The van der Waals surface area contributed by atoms with Gasteiger partial charge in [-0.05, 0) is 19.5 Å². The average Bonchev–Trinajstić information content (AvgIpc) is 2.29. The van der Waals surface area contributed by atoms with E-state index in [0.717, 1.165) is 13.1 Å². The van der Waals surface area contributed by atoms with Crippen molar-refractivity contribution in [2.45, 2.75) is 19.0 Å². The second-order valence-corrected chi connectivity index (χ2v) is 4.38. The van der Waals surface area contributed by atoms with Crippen LogP contribution in [0.4, 0.5) is 0 Å². The lowest BCUT2D eigenvalue weighted by molar-refractivity contribution is -0.123. The molecule has 0 aromatic heterocycles. The van der Waals surface area contributed by atoms with Gasteiger partial charge in [0.15, 0.2) is 0 Å². The third kappa shape index (κ3) is 2.15. The molecular weight excluding hydrogens is 200 g/mol. The molecule has 1 aromatic rings. The monoisotopic (exact) mass is 218 g/mol. The summed E-state index contributed by atoms with van der Waals surface area (Å²) in [5, 5.41) is 3.43. The van der Waals surface area contributed by atoms with Gasteiger partial charge in [-0.3, -0.25) is 9.69 Å². The van der Waals surface area contributed by atoms with Crippen molar-refractivity contribution in [1.82, 2.24) is 10.2 Å². The molecule has 0 unspecified atom stereocenters. The molecule has 0 spiro atoms. The van der Waals surface area contributed by atoms with E-state index in [2.05, 4.69) is 22.3 Å². The summed E-state index contributed by atoms with van der Waals surface area (Å²) in [6.45, 7) is 3.53. The largest absolute Gasteiger partial charge is 0.307 e. The number of nitrogens with one attached hydrogen (secondary N) is 1. The molecule has 1 N–H and O–H groups in total. The Bertz CT molecular complexity index is 363. The summed E-state index contributed by atoms with van der Waals surface area (Å²) in [6.07, 6.45) is 0. The highest BCUT2D eigenvalue weighted by atomic mass is 16.1. The van der Waals surface area contributed by atoms with Gasteiger partial charge in [0, 0.05) is 13.1 Å². The van der Waals surface area contributed by atoms with Gasteiger partial charge in [0.05, 0.1) is 12.1 Å². The molecule has 2 rings (SSSR count). The molecular formula is C13H18N2O. The van der Waals surface area contributed by atoms with E-state index in [1.807, 2.05) is 25.2 Å². The van der Waals surface area contributed by atoms with Crippen molar-refractivity contribution in [2.75, 3.05) is 20.1 Å². The van der Waals surface area contributed by atoms with E-state index in [1.165, 1.54) is 5.56 Å². The first-order chi connectivity index (χ1) is 7.70. The molecule has 1 aromatic carbocycles. The summed E-state index contributed by atoms with van der Waals surface area (Å²) < 4.78 is 0. The lowest BCUT2D eigenvalue weighted by atomic mass is 9.93. The smallest absolute Gasteiger partial charge is 0.148 e. The number of hydrogen-bond donors (Lipinski definition) is 1. The van der Waals surface area contributed by atoms with E-state index in [1.54, 1.807) is 6.92 Å². The van der Waals surface area contributed by atoms with Crippen LogP contribution in [0.25, 0.3) is 0 Å². The van der Waals surface area contributed by atoms with E-state index in [9.17, 15) is 4.79 Å². The van der Waals surface area contributed by atoms with E-state index in [0.29, 0.717) is 0 Å². The molecule has 0 aliphatic carbocycles. The van der Waals surface area contributed by atoms with Crippen LogP contribution in [0, 0.1) is 0 Å². The maximum atomic E-state index is 11.7. The van der Waals surface area contributed by atoms with Crippen LogP contribution in [0.15, 0.2) is 30.3 Å². The Morgan fingerprint density at radius 1 is 1.38 bits per heavy atom. The number of carbonyl (C=O) groups is 1. The van der Waals surface area contributed by atoms with Crippen molar-refractivity contribution in [3.8, 4) is 0 Å². The van der Waals surface area contributed by atoms with E-state index < -0.39 is 0 Å². The lowest BCUT2D eigenvalue weighted by Gasteiger charge is -2.38. The Morgan fingerprint density at radius 2 is 2.06 bits per heavy atom. The fourth-order valence-corrected chi connectivity index (χ4v) is 2.41. The first-order valence-corrected chi connectivity index (χ1v) is 5.69. The molecule has 1 heterocycles. The van der Waals surface area contributed by atoms with E-state index in [4.69, 9.17) is 0 Å². The van der Waals surface area contributed by atoms with Crippen LogP contribution in [0.1, 0.15) is 18.5 Å². The zero-order valence-electron chi connectivity index (χ0n) is 9.81. The topological polar surface area (TPSA) is 32.3 Å². The summed E-state index contributed by atoms with van der Waals surface area (Å²) in [6, 6.07) is 10.3. The average molecular weight is 218 g/mol. The molecule has 1 fully saturated rings. The van der Waals surface area contributed by atoms with Crippen LogP contribution in [-0.2, 0) is 4.79 Å². The number of rotatable bonds is 2. The fraction of sp³-hybridized carbons (Fsp3) is 0.462. The van der Waals surface area contributed by atoms with Crippen LogP contribution in [-0.4, -0.2) is 36.9 Å². The quantitative estimate of drug-likeness (QED) is 0.810. The molecule has 0 saturated carbocycles. The Balaban J connectivity index is 2.27. The number of piperazine rings is 1. The summed E-state index contributed by atoms with van der Waals surface area (Å²) in [5.41, 5.74) is 1.19. The van der Waals surface area contributed by atoms with Gasteiger partial charge in [-0.1, -0.05) is 30.3 Å². The zero-order chi connectivity index (χ0) is 11.5. The summed E-state index contributed by atoms with van der Waals surface area (Å²) in [5.74, 6) is 0.226. The van der Waals surface area contributed by atoms with Gasteiger partial charge >= 0.3 is 0 Å². The van der Waals surface area contributed by atoms with Crippen LogP contribution < -0.4 is 5.32 Å². The van der Waals surface area contributed by atoms with Crippen molar-refractivity contribution in [3.63, 3.8) is 0 Å². The fourth-order valence-electron chi connectivity index (χ4n) is 2.41. The molecule has 0 radical (unpaired) electrons. The molecule has 0 amide bonds. The Kier molecular flexibility index (Phi) is 3.36. The van der Waals surface area contributed by atoms with Crippen LogP contribution >= 0.6 is 0 Å². The number of carbonyl (C=O) groups excluding carboxylic acids is 1. The molecule has 1 aliphatic rings. The molecule has 0 bridgehead atoms. The van der Waals surface area contributed by atoms with Crippen molar-refractivity contribution in [3.05, 3.63) is 35.9 Å². The highest BCUT2D eigenvalue weighted by molar-refractivity contribution is 5.82. The number of likely N-dealkylation sites (N-methyl/N-ethyl adjacent to an activating group) is 1. The van der Waals surface area contributed by atoms with E-state index in [-0.39, 0.29) is 17.9 Å². The normalized spacial score (nSPS) is 26.6. The highest BCUT2D eigenvalue weighted by Gasteiger charge is 2.32. The van der Waals surface area contributed by atoms with Crippen LogP contribution in [0.2, 0.25) is 0 Å². The third-order valence-corrected chi connectivity index (χ3v) is 3.19. The van der Waals surface area contributed by atoms with Gasteiger partial charge in [0.1, 0.15) is 5.78 Å². The standard InChI is InChI=1S/C13H18N2O/c1-10(16)13-12(14-8-9-15(13)2)11-6-4-3-5-7-11/h3-7,12-14H,8-9H2,1-2H3/t12-,13-/m0/s1. The maximum Gasteiger partial charge on any atom is 0.148 e. The van der Waals surface area contributed by atoms with Gasteiger partial charge in [-0.2, -0.15) is 0 Å².